The van der Waals surface area contributed by atoms with Crippen LogP contribution in [0.1, 0.15) is 52.0 Å². The number of halogens is 1. The number of carbonyl (C=O) groups excluding carboxylic acids is 2. The minimum atomic E-state index is -0.0203. The van der Waals surface area contributed by atoms with E-state index in [0.29, 0.717) is 34.8 Å². The zero-order valence-corrected chi connectivity index (χ0v) is 15.2. The first-order valence-electron chi connectivity index (χ1n) is 9.06. The predicted octanol–water partition coefficient (Wildman–Crippen LogP) is 4.04. The van der Waals surface area contributed by atoms with Gasteiger partial charge in [0.05, 0.1) is 0 Å². The Morgan fingerprint density at radius 1 is 1.00 bits per heavy atom. The summed E-state index contributed by atoms with van der Waals surface area (Å²) in [5.41, 5.74) is 2.31. The van der Waals surface area contributed by atoms with Gasteiger partial charge in [0.2, 0.25) is 0 Å². The molecule has 0 spiro atoms. The molecule has 5 heteroatoms. The van der Waals surface area contributed by atoms with Gasteiger partial charge in [-0.2, -0.15) is 0 Å². The van der Waals surface area contributed by atoms with Crippen molar-refractivity contribution in [3.8, 4) is 0 Å². The maximum absolute atomic E-state index is 12.9. The van der Waals surface area contributed by atoms with Gasteiger partial charge in [-0.25, -0.2) is 0 Å². The van der Waals surface area contributed by atoms with Crippen molar-refractivity contribution in [1.82, 2.24) is 10.2 Å². The zero-order valence-electron chi connectivity index (χ0n) is 14.5. The molecule has 0 bridgehead atoms. The highest BCUT2D eigenvalue weighted by Crippen LogP contribution is 2.30. The minimum Gasteiger partial charge on any atom is -0.349 e. The van der Waals surface area contributed by atoms with Crippen LogP contribution in [-0.2, 0) is 6.54 Å². The maximum Gasteiger partial charge on any atom is 0.254 e. The Bertz CT molecular complexity index is 826. The van der Waals surface area contributed by atoms with E-state index in [2.05, 4.69) is 5.32 Å². The summed E-state index contributed by atoms with van der Waals surface area (Å²) >= 11 is 6.03. The third kappa shape index (κ3) is 4.07. The molecule has 0 aromatic heterocycles. The Labute approximate surface area is 158 Å². The van der Waals surface area contributed by atoms with Crippen LogP contribution in [0.25, 0.3) is 0 Å². The molecule has 0 heterocycles. The predicted molar refractivity (Wildman–Crippen MR) is 101 cm³/mol. The van der Waals surface area contributed by atoms with Crippen LogP contribution in [0.5, 0.6) is 0 Å². The Kier molecular flexibility index (Phi) is 4.68. The largest absolute Gasteiger partial charge is 0.349 e. The summed E-state index contributed by atoms with van der Waals surface area (Å²) in [7, 11) is 0. The summed E-state index contributed by atoms with van der Waals surface area (Å²) in [6.07, 6.45) is 4.22. The molecule has 0 unspecified atom stereocenters. The fraction of sp³-hybridized carbons (Fsp3) is 0.333. The summed E-state index contributed by atoms with van der Waals surface area (Å²) in [6.45, 7) is 0.542. The highest BCUT2D eigenvalue weighted by atomic mass is 35.5. The zero-order chi connectivity index (χ0) is 18.1. The van der Waals surface area contributed by atoms with E-state index in [1.807, 2.05) is 29.2 Å². The molecule has 4 rings (SSSR count). The fourth-order valence-electron chi connectivity index (χ4n) is 2.99. The second-order valence-electron chi connectivity index (χ2n) is 7.12. The van der Waals surface area contributed by atoms with Crippen LogP contribution in [0.3, 0.4) is 0 Å². The molecule has 4 nitrogen and oxygen atoms in total. The van der Waals surface area contributed by atoms with Crippen molar-refractivity contribution >= 4 is 23.4 Å². The molecule has 1 N–H and O–H groups in total. The maximum atomic E-state index is 12.9. The van der Waals surface area contributed by atoms with E-state index in [0.717, 1.165) is 31.2 Å². The summed E-state index contributed by atoms with van der Waals surface area (Å²) in [5.74, 6) is -0.0151. The molecule has 2 aliphatic rings. The van der Waals surface area contributed by atoms with Gasteiger partial charge in [-0.15, -0.1) is 0 Å². The molecule has 0 saturated heterocycles. The number of benzene rings is 2. The molecule has 2 aromatic carbocycles. The van der Waals surface area contributed by atoms with Crippen LogP contribution >= 0.6 is 11.6 Å². The topological polar surface area (TPSA) is 49.4 Å². The van der Waals surface area contributed by atoms with Gasteiger partial charge in [-0.3, -0.25) is 9.59 Å². The summed E-state index contributed by atoms with van der Waals surface area (Å²) < 4.78 is 0. The molecule has 0 atom stereocenters. The number of hydrogen-bond donors (Lipinski definition) is 1. The molecule has 0 aliphatic heterocycles. The lowest BCUT2D eigenvalue weighted by atomic mass is 10.1. The fourth-order valence-corrected chi connectivity index (χ4v) is 3.19. The van der Waals surface area contributed by atoms with Crippen LogP contribution in [-0.4, -0.2) is 28.8 Å². The summed E-state index contributed by atoms with van der Waals surface area (Å²) in [6, 6.07) is 15.3. The molecule has 2 aromatic rings. The molecular formula is C21H21ClN2O2. The number of rotatable bonds is 6. The monoisotopic (exact) mass is 368 g/mol. The van der Waals surface area contributed by atoms with Crippen molar-refractivity contribution in [3.63, 3.8) is 0 Å². The lowest BCUT2D eigenvalue weighted by molar-refractivity contribution is 0.0729. The molecular weight excluding hydrogens is 348 g/mol. The van der Waals surface area contributed by atoms with E-state index in [1.165, 1.54) is 0 Å². The van der Waals surface area contributed by atoms with E-state index in [9.17, 15) is 9.59 Å². The lowest BCUT2D eigenvalue weighted by Crippen LogP contribution is -2.32. The standard InChI is InChI=1S/C21H21ClN2O2/c22-17-3-1-2-16(12-17)21(26)24(19-10-11-19)13-14-4-6-15(7-5-14)20(25)23-18-8-9-18/h1-7,12,18-19H,8-11,13H2,(H,23,25). The first kappa shape index (κ1) is 17.1. The molecule has 2 saturated carbocycles. The highest BCUT2D eigenvalue weighted by molar-refractivity contribution is 6.30. The highest BCUT2D eigenvalue weighted by Gasteiger charge is 2.33. The molecule has 2 aliphatic carbocycles. The first-order chi connectivity index (χ1) is 12.6. The Morgan fingerprint density at radius 3 is 2.35 bits per heavy atom. The molecule has 0 radical (unpaired) electrons. The normalized spacial score (nSPS) is 16.2. The average molecular weight is 369 g/mol. The minimum absolute atomic E-state index is 0.00514. The van der Waals surface area contributed by atoms with E-state index >= 15 is 0 Å². The Balaban J connectivity index is 1.46. The molecule has 2 fully saturated rings. The third-order valence-electron chi connectivity index (χ3n) is 4.80. The van der Waals surface area contributed by atoms with E-state index < -0.39 is 0 Å². The quantitative estimate of drug-likeness (QED) is 0.836. The smallest absolute Gasteiger partial charge is 0.254 e. The van der Waals surface area contributed by atoms with Gasteiger partial charge in [-0.1, -0.05) is 29.8 Å². The second kappa shape index (κ2) is 7.12. The van der Waals surface area contributed by atoms with E-state index in [1.54, 1.807) is 24.3 Å². The summed E-state index contributed by atoms with van der Waals surface area (Å²) in [4.78, 5) is 26.9. The molecule has 26 heavy (non-hydrogen) atoms. The van der Waals surface area contributed by atoms with Crippen molar-refractivity contribution < 1.29 is 9.59 Å². The Hall–Kier alpha value is -2.33. The van der Waals surface area contributed by atoms with E-state index in [4.69, 9.17) is 11.6 Å². The third-order valence-corrected chi connectivity index (χ3v) is 5.04. The second-order valence-corrected chi connectivity index (χ2v) is 7.56. The van der Waals surface area contributed by atoms with Crippen molar-refractivity contribution in [2.24, 2.45) is 0 Å². The Morgan fingerprint density at radius 2 is 1.73 bits per heavy atom. The first-order valence-corrected chi connectivity index (χ1v) is 9.44. The number of amides is 2. The van der Waals surface area contributed by atoms with Gasteiger partial charge >= 0.3 is 0 Å². The van der Waals surface area contributed by atoms with E-state index in [-0.39, 0.29) is 11.8 Å². The number of carbonyl (C=O) groups is 2. The average Bonchev–Trinajstić information content (AvgIpc) is 3.54. The van der Waals surface area contributed by atoms with Crippen molar-refractivity contribution in [1.29, 1.82) is 0 Å². The molecule has 2 amide bonds. The number of nitrogens with zero attached hydrogens (tertiary/aromatic N) is 1. The van der Waals surface area contributed by atoms with Crippen molar-refractivity contribution in [2.75, 3.05) is 0 Å². The van der Waals surface area contributed by atoms with Gasteiger partial charge in [0.15, 0.2) is 0 Å². The van der Waals surface area contributed by atoms with Crippen LogP contribution in [0, 0.1) is 0 Å². The van der Waals surface area contributed by atoms with Gasteiger partial charge in [0, 0.05) is 34.8 Å². The van der Waals surface area contributed by atoms with Gasteiger partial charge in [-0.05, 0) is 61.6 Å². The van der Waals surface area contributed by atoms with Crippen molar-refractivity contribution in [3.05, 3.63) is 70.2 Å². The van der Waals surface area contributed by atoms with Gasteiger partial charge in [0.1, 0.15) is 0 Å². The summed E-state index contributed by atoms with van der Waals surface area (Å²) in [5, 5.41) is 3.55. The van der Waals surface area contributed by atoms with Gasteiger partial charge in [0.25, 0.3) is 11.8 Å². The molecule has 134 valence electrons. The number of hydrogen-bond acceptors (Lipinski definition) is 2. The number of nitrogens with one attached hydrogen (secondary N) is 1. The van der Waals surface area contributed by atoms with Crippen LogP contribution in [0.2, 0.25) is 5.02 Å². The van der Waals surface area contributed by atoms with Gasteiger partial charge < -0.3 is 10.2 Å². The van der Waals surface area contributed by atoms with Crippen LogP contribution in [0.4, 0.5) is 0 Å². The SMILES string of the molecule is O=C(NC1CC1)c1ccc(CN(C(=O)c2cccc(Cl)c2)C2CC2)cc1. The lowest BCUT2D eigenvalue weighted by Gasteiger charge is -2.23. The van der Waals surface area contributed by atoms with Crippen LogP contribution in [0.15, 0.2) is 48.5 Å². The van der Waals surface area contributed by atoms with Crippen LogP contribution < -0.4 is 5.32 Å². The van der Waals surface area contributed by atoms with Crippen molar-refractivity contribution in [2.45, 2.75) is 44.3 Å².